The van der Waals surface area contributed by atoms with E-state index in [1.54, 1.807) is 11.8 Å². The third kappa shape index (κ3) is 3.89. The van der Waals surface area contributed by atoms with Crippen LogP contribution in [0, 0.1) is 5.92 Å². The molecular formula is C17H22N4O3S. The van der Waals surface area contributed by atoms with Crippen LogP contribution in [0.5, 0.6) is 0 Å². The van der Waals surface area contributed by atoms with Gasteiger partial charge in [0.25, 0.3) is 0 Å². The van der Waals surface area contributed by atoms with Crippen LogP contribution in [0.1, 0.15) is 20.3 Å². The van der Waals surface area contributed by atoms with Gasteiger partial charge >= 0.3 is 12.0 Å². The topological polar surface area (TPSA) is 83.0 Å². The summed E-state index contributed by atoms with van der Waals surface area (Å²) < 4.78 is 4.77. The standard InChI is InChI=1S/C17H22N4O3S/c1-10(2)8-12(15(22)24-3)20-16(23)19-11-4-5-14-13(9-11)21-7-6-18-17(21)25-14/h4-5,9-10,12H,6-8H2,1-3H3,(H2,19,20,23). The molecule has 7 nitrogen and oxygen atoms in total. The Morgan fingerprint density at radius 2 is 2.20 bits per heavy atom. The molecule has 134 valence electrons. The van der Waals surface area contributed by atoms with Crippen LogP contribution < -0.4 is 15.5 Å². The van der Waals surface area contributed by atoms with Gasteiger partial charge in [0.2, 0.25) is 0 Å². The Kier molecular flexibility index (Phi) is 5.17. The number of nitrogens with zero attached hydrogens (tertiary/aromatic N) is 2. The first-order valence-electron chi connectivity index (χ1n) is 8.27. The number of rotatable bonds is 5. The summed E-state index contributed by atoms with van der Waals surface area (Å²) in [5, 5.41) is 6.51. The lowest BCUT2D eigenvalue weighted by molar-refractivity contribution is -0.143. The summed E-state index contributed by atoms with van der Waals surface area (Å²) in [5.41, 5.74) is 1.74. The van der Waals surface area contributed by atoms with E-state index >= 15 is 0 Å². The van der Waals surface area contributed by atoms with Crippen molar-refractivity contribution in [3.63, 3.8) is 0 Å². The number of anilines is 2. The van der Waals surface area contributed by atoms with Gasteiger partial charge in [-0.25, -0.2) is 9.59 Å². The minimum Gasteiger partial charge on any atom is -0.467 e. The number of carbonyl (C=O) groups is 2. The van der Waals surface area contributed by atoms with Crippen molar-refractivity contribution in [3.05, 3.63) is 18.2 Å². The lowest BCUT2D eigenvalue weighted by Crippen LogP contribution is -2.44. The van der Waals surface area contributed by atoms with Crippen LogP contribution in [0.15, 0.2) is 28.1 Å². The Hall–Kier alpha value is -2.22. The van der Waals surface area contributed by atoms with Crippen molar-refractivity contribution in [3.8, 4) is 0 Å². The summed E-state index contributed by atoms with van der Waals surface area (Å²) in [6.07, 6.45) is 0.522. The van der Waals surface area contributed by atoms with Crippen LogP contribution in [-0.2, 0) is 9.53 Å². The molecule has 1 unspecified atom stereocenters. The molecule has 2 heterocycles. The number of nitrogens with one attached hydrogen (secondary N) is 2. The minimum atomic E-state index is -0.660. The molecule has 1 aromatic carbocycles. The normalized spacial score (nSPS) is 16.2. The average Bonchev–Trinajstić information content (AvgIpc) is 3.14. The SMILES string of the molecule is COC(=O)C(CC(C)C)NC(=O)Nc1ccc2c(c1)N1CCN=C1S2. The number of esters is 1. The Bertz CT molecular complexity index is 720. The molecule has 25 heavy (non-hydrogen) atoms. The fourth-order valence-corrected chi connectivity index (χ4v) is 3.94. The second-order valence-corrected chi connectivity index (χ2v) is 7.41. The van der Waals surface area contributed by atoms with Gasteiger partial charge in [0.1, 0.15) is 6.04 Å². The Labute approximate surface area is 151 Å². The molecule has 0 bridgehead atoms. The molecule has 3 rings (SSSR count). The first-order valence-corrected chi connectivity index (χ1v) is 9.09. The third-order valence-electron chi connectivity index (χ3n) is 4.01. The molecule has 0 saturated carbocycles. The zero-order valence-electron chi connectivity index (χ0n) is 14.5. The molecule has 2 aliphatic rings. The van der Waals surface area contributed by atoms with Crippen LogP contribution in [0.25, 0.3) is 0 Å². The van der Waals surface area contributed by atoms with Gasteiger partial charge in [-0.15, -0.1) is 0 Å². The molecular weight excluding hydrogens is 340 g/mol. The number of methoxy groups -OCH3 is 1. The van der Waals surface area contributed by atoms with E-state index in [-0.39, 0.29) is 5.92 Å². The smallest absolute Gasteiger partial charge is 0.328 e. The number of benzene rings is 1. The summed E-state index contributed by atoms with van der Waals surface area (Å²) in [6, 6.07) is 4.68. The average molecular weight is 362 g/mol. The molecule has 1 aromatic rings. The molecule has 2 amide bonds. The van der Waals surface area contributed by atoms with Gasteiger partial charge in [0, 0.05) is 17.1 Å². The Morgan fingerprint density at radius 3 is 2.92 bits per heavy atom. The van der Waals surface area contributed by atoms with Crippen molar-refractivity contribution in [2.45, 2.75) is 31.2 Å². The van der Waals surface area contributed by atoms with Crippen LogP contribution in [0.4, 0.5) is 16.2 Å². The quantitative estimate of drug-likeness (QED) is 0.787. The Morgan fingerprint density at radius 1 is 1.40 bits per heavy atom. The second kappa shape index (κ2) is 7.35. The molecule has 2 N–H and O–H groups in total. The van der Waals surface area contributed by atoms with Gasteiger partial charge in [-0.2, -0.15) is 0 Å². The monoisotopic (exact) mass is 362 g/mol. The molecule has 0 saturated heterocycles. The summed E-state index contributed by atoms with van der Waals surface area (Å²) in [5.74, 6) is -0.179. The number of ether oxygens (including phenoxy) is 1. The number of aliphatic imine (C=N–C) groups is 1. The van der Waals surface area contributed by atoms with Crippen molar-refractivity contribution in [2.75, 3.05) is 30.4 Å². The van der Waals surface area contributed by atoms with E-state index in [1.165, 1.54) is 7.11 Å². The molecule has 1 atom stereocenters. The highest BCUT2D eigenvalue weighted by molar-refractivity contribution is 8.14. The predicted octanol–water partition coefficient (Wildman–Crippen LogP) is 2.68. The van der Waals surface area contributed by atoms with Crippen molar-refractivity contribution < 1.29 is 14.3 Å². The zero-order chi connectivity index (χ0) is 18.0. The second-order valence-electron chi connectivity index (χ2n) is 6.40. The van der Waals surface area contributed by atoms with Crippen LogP contribution in [0.2, 0.25) is 0 Å². The third-order valence-corrected chi connectivity index (χ3v) is 5.11. The van der Waals surface area contributed by atoms with E-state index in [4.69, 9.17) is 4.74 Å². The molecule has 0 spiro atoms. The number of carbonyl (C=O) groups excluding carboxylic acids is 2. The number of thioether (sulfide) groups is 1. The number of urea groups is 1. The van der Waals surface area contributed by atoms with E-state index in [9.17, 15) is 9.59 Å². The van der Waals surface area contributed by atoms with Crippen molar-refractivity contribution >= 4 is 40.3 Å². The highest BCUT2D eigenvalue weighted by Gasteiger charge is 2.30. The van der Waals surface area contributed by atoms with Crippen molar-refractivity contribution in [2.24, 2.45) is 10.9 Å². The molecule has 0 aromatic heterocycles. The van der Waals surface area contributed by atoms with E-state index in [2.05, 4.69) is 20.5 Å². The number of hydrogen-bond donors (Lipinski definition) is 2. The van der Waals surface area contributed by atoms with Gasteiger partial charge in [0.15, 0.2) is 5.17 Å². The first kappa shape index (κ1) is 17.6. The van der Waals surface area contributed by atoms with Crippen LogP contribution in [-0.4, -0.2) is 43.4 Å². The maximum atomic E-state index is 12.3. The lowest BCUT2D eigenvalue weighted by Gasteiger charge is -2.19. The highest BCUT2D eigenvalue weighted by Crippen LogP contribution is 2.43. The first-order chi connectivity index (χ1) is 12.0. The predicted molar refractivity (Wildman–Crippen MR) is 99.4 cm³/mol. The van der Waals surface area contributed by atoms with E-state index in [0.29, 0.717) is 12.1 Å². The molecule has 2 aliphatic heterocycles. The molecule has 0 fully saturated rings. The number of hydrogen-bond acceptors (Lipinski definition) is 6. The van der Waals surface area contributed by atoms with Gasteiger partial charge in [-0.05, 0) is 42.3 Å². The highest BCUT2D eigenvalue weighted by atomic mass is 32.2. The van der Waals surface area contributed by atoms with Gasteiger partial charge in [-0.3, -0.25) is 4.99 Å². The number of fused-ring (bicyclic) bond motifs is 3. The van der Waals surface area contributed by atoms with Gasteiger partial charge in [0.05, 0.1) is 19.3 Å². The minimum absolute atomic E-state index is 0.259. The molecule has 0 aliphatic carbocycles. The summed E-state index contributed by atoms with van der Waals surface area (Å²) in [4.78, 5) is 31.8. The van der Waals surface area contributed by atoms with Crippen molar-refractivity contribution in [1.82, 2.24) is 5.32 Å². The molecule has 8 heteroatoms. The Balaban J connectivity index is 1.66. The number of amides is 2. The maximum absolute atomic E-state index is 12.3. The summed E-state index contributed by atoms with van der Waals surface area (Å²) >= 11 is 1.65. The van der Waals surface area contributed by atoms with Crippen LogP contribution >= 0.6 is 11.8 Å². The fourth-order valence-electron chi connectivity index (χ4n) is 2.88. The van der Waals surface area contributed by atoms with E-state index < -0.39 is 18.0 Å². The van der Waals surface area contributed by atoms with Crippen molar-refractivity contribution in [1.29, 1.82) is 0 Å². The van der Waals surface area contributed by atoms with Gasteiger partial charge in [-0.1, -0.05) is 13.8 Å². The van der Waals surface area contributed by atoms with Gasteiger partial charge < -0.3 is 20.3 Å². The molecule has 0 radical (unpaired) electrons. The number of amidine groups is 1. The summed E-state index contributed by atoms with van der Waals surface area (Å²) in [6.45, 7) is 5.64. The maximum Gasteiger partial charge on any atom is 0.328 e. The lowest BCUT2D eigenvalue weighted by atomic mass is 10.0. The van der Waals surface area contributed by atoms with E-state index in [1.807, 2.05) is 32.0 Å². The van der Waals surface area contributed by atoms with E-state index in [0.717, 1.165) is 28.8 Å². The largest absolute Gasteiger partial charge is 0.467 e. The zero-order valence-corrected chi connectivity index (χ0v) is 15.4. The fraction of sp³-hybridized carbons (Fsp3) is 0.471. The van der Waals surface area contributed by atoms with Crippen LogP contribution in [0.3, 0.4) is 0 Å². The summed E-state index contributed by atoms with van der Waals surface area (Å²) in [7, 11) is 1.32.